The second-order valence-corrected chi connectivity index (χ2v) is 4.37. The van der Waals surface area contributed by atoms with Crippen LogP contribution in [0.4, 0.5) is 4.39 Å². The predicted molar refractivity (Wildman–Crippen MR) is 58.0 cm³/mol. The molecule has 0 atom stereocenters. The minimum atomic E-state index is -0.302. The maximum absolute atomic E-state index is 12.7. The van der Waals surface area contributed by atoms with Crippen LogP contribution < -0.4 is 5.32 Å². The van der Waals surface area contributed by atoms with Crippen LogP contribution in [0.5, 0.6) is 0 Å². The van der Waals surface area contributed by atoms with Gasteiger partial charge in [-0.05, 0) is 38.0 Å². The van der Waals surface area contributed by atoms with Gasteiger partial charge in [0.2, 0.25) is 5.91 Å². The minimum absolute atomic E-state index is 0.0536. The second kappa shape index (κ2) is 4.43. The summed E-state index contributed by atoms with van der Waals surface area (Å²) in [4.78, 5) is 10.9. The molecule has 0 saturated carbocycles. The lowest BCUT2D eigenvalue weighted by Crippen LogP contribution is -2.43. The highest BCUT2D eigenvalue weighted by Gasteiger charge is 2.18. The lowest BCUT2D eigenvalue weighted by molar-refractivity contribution is -0.120. The minimum Gasteiger partial charge on any atom is -0.351 e. The molecule has 0 unspecified atom stereocenters. The molecule has 0 radical (unpaired) electrons. The number of rotatable bonds is 3. The number of benzene rings is 1. The Labute approximate surface area is 89.5 Å². The third-order valence-electron chi connectivity index (χ3n) is 2.07. The molecule has 1 aromatic rings. The molecule has 1 N–H and O–H groups in total. The predicted octanol–water partition coefficient (Wildman–Crippen LogP) is 2.28. The Morgan fingerprint density at radius 1 is 1.33 bits per heavy atom. The number of carbonyl (C=O) groups is 1. The molecule has 15 heavy (non-hydrogen) atoms. The molecule has 1 amide bonds. The Morgan fingerprint density at radius 3 is 2.33 bits per heavy atom. The Morgan fingerprint density at radius 2 is 1.87 bits per heavy atom. The van der Waals surface area contributed by atoms with E-state index in [1.54, 1.807) is 12.1 Å². The van der Waals surface area contributed by atoms with Crippen molar-refractivity contribution in [2.75, 3.05) is 0 Å². The van der Waals surface area contributed by atoms with Crippen molar-refractivity contribution in [3.63, 3.8) is 0 Å². The zero-order valence-corrected chi connectivity index (χ0v) is 9.30. The zero-order chi connectivity index (χ0) is 11.5. The van der Waals surface area contributed by atoms with Crippen LogP contribution in [0.25, 0.3) is 0 Å². The molecule has 0 aliphatic heterocycles. The summed E-state index contributed by atoms with van der Waals surface area (Å²) in [5.41, 5.74) is 0.707. The van der Waals surface area contributed by atoms with E-state index in [1.165, 1.54) is 19.1 Å². The molecule has 82 valence electrons. The van der Waals surface area contributed by atoms with Crippen LogP contribution in [0.3, 0.4) is 0 Å². The largest absolute Gasteiger partial charge is 0.351 e. The van der Waals surface area contributed by atoms with Gasteiger partial charge in [-0.2, -0.15) is 0 Å². The van der Waals surface area contributed by atoms with E-state index in [1.807, 2.05) is 13.8 Å². The molecule has 0 spiro atoms. The summed E-state index contributed by atoms with van der Waals surface area (Å²) in [7, 11) is 0. The van der Waals surface area contributed by atoms with Gasteiger partial charge in [0.15, 0.2) is 0 Å². The van der Waals surface area contributed by atoms with Gasteiger partial charge in [0, 0.05) is 12.5 Å². The van der Waals surface area contributed by atoms with E-state index in [9.17, 15) is 9.18 Å². The maximum atomic E-state index is 12.7. The third-order valence-corrected chi connectivity index (χ3v) is 2.07. The van der Waals surface area contributed by atoms with Crippen molar-refractivity contribution in [2.45, 2.75) is 32.7 Å². The first-order chi connectivity index (χ1) is 6.89. The van der Waals surface area contributed by atoms with Crippen molar-refractivity contribution in [3.8, 4) is 0 Å². The van der Waals surface area contributed by atoms with E-state index in [2.05, 4.69) is 5.32 Å². The van der Waals surface area contributed by atoms with Crippen molar-refractivity contribution in [3.05, 3.63) is 35.6 Å². The summed E-state index contributed by atoms with van der Waals surface area (Å²) < 4.78 is 12.7. The summed E-state index contributed by atoms with van der Waals surface area (Å²) in [5, 5.41) is 2.85. The molecule has 2 nitrogen and oxygen atoms in total. The lowest BCUT2D eigenvalue weighted by Gasteiger charge is -2.25. The number of carbonyl (C=O) groups excluding carboxylic acids is 1. The monoisotopic (exact) mass is 209 g/mol. The summed E-state index contributed by atoms with van der Waals surface area (Å²) in [6.45, 7) is 5.38. The van der Waals surface area contributed by atoms with E-state index in [0.717, 1.165) is 5.56 Å². The fourth-order valence-corrected chi connectivity index (χ4v) is 1.63. The van der Waals surface area contributed by atoms with Crippen LogP contribution in [0.15, 0.2) is 24.3 Å². The van der Waals surface area contributed by atoms with Crippen LogP contribution in [-0.4, -0.2) is 11.4 Å². The third kappa shape index (κ3) is 4.11. The van der Waals surface area contributed by atoms with Gasteiger partial charge < -0.3 is 5.32 Å². The number of hydrogen-bond donors (Lipinski definition) is 1. The highest BCUT2D eigenvalue weighted by atomic mass is 19.1. The normalized spacial score (nSPS) is 11.2. The Balaban J connectivity index is 2.68. The Bertz CT molecular complexity index is 343. The highest BCUT2D eigenvalue weighted by Crippen LogP contribution is 2.13. The van der Waals surface area contributed by atoms with Gasteiger partial charge in [-0.3, -0.25) is 4.79 Å². The van der Waals surface area contributed by atoms with Crippen molar-refractivity contribution in [1.82, 2.24) is 5.32 Å². The molecule has 0 bridgehead atoms. The first-order valence-electron chi connectivity index (χ1n) is 4.92. The van der Waals surface area contributed by atoms with Crippen LogP contribution in [0, 0.1) is 5.82 Å². The van der Waals surface area contributed by atoms with Crippen LogP contribution >= 0.6 is 0 Å². The van der Waals surface area contributed by atoms with E-state index >= 15 is 0 Å². The van der Waals surface area contributed by atoms with E-state index in [4.69, 9.17) is 0 Å². The van der Waals surface area contributed by atoms with Gasteiger partial charge in [0.25, 0.3) is 0 Å². The maximum Gasteiger partial charge on any atom is 0.217 e. The van der Waals surface area contributed by atoms with E-state index in [0.29, 0.717) is 6.42 Å². The topological polar surface area (TPSA) is 29.1 Å². The van der Waals surface area contributed by atoms with Crippen molar-refractivity contribution in [2.24, 2.45) is 0 Å². The van der Waals surface area contributed by atoms with Crippen molar-refractivity contribution >= 4 is 5.91 Å². The lowest BCUT2D eigenvalue weighted by atomic mass is 9.95. The van der Waals surface area contributed by atoms with Gasteiger partial charge in [-0.1, -0.05) is 12.1 Å². The average Bonchev–Trinajstić information content (AvgIpc) is 2.06. The Kier molecular flexibility index (Phi) is 3.45. The fraction of sp³-hybridized carbons (Fsp3) is 0.417. The smallest absolute Gasteiger partial charge is 0.217 e. The van der Waals surface area contributed by atoms with E-state index in [-0.39, 0.29) is 17.3 Å². The summed E-state index contributed by atoms with van der Waals surface area (Å²) in [6, 6.07) is 6.33. The summed E-state index contributed by atoms with van der Waals surface area (Å²) in [6.07, 6.45) is 0.687. The van der Waals surface area contributed by atoms with E-state index < -0.39 is 0 Å². The molecule has 0 aromatic heterocycles. The standard InChI is InChI=1S/C12H16FNO/c1-9(15)14-12(2,3)8-10-4-6-11(13)7-5-10/h4-7H,8H2,1-3H3,(H,14,15). The SMILES string of the molecule is CC(=O)NC(C)(C)Cc1ccc(F)cc1. The summed E-state index contributed by atoms with van der Waals surface area (Å²) in [5.74, 6) is -0.293. The molecular weight excluding hydrogens is 193 g/mol. The molecule has 0 saturated heterocycles. The zero-order valence-electron chi connectivity index (χ0n) is 9.30. The van der Waals surface area contributed by atoms with Gasteiger partial charge in [0.1, 0.15) is 5.82 Å². The second-order valence-electron chi connectivity index (χ2n) is 4.37. The first kappa shape index (κ1) is 11.7. The van der Waals surface area contributed by atoms with Gasteiger partial charge >= 0.3 is 0 Å². The molecule has 1 rings (SSSR count). The number of halogens is 1. The fourth-order valence-electron chi connectivity index (χ4n) is 1.63. The van der Waals surface area contributed by atoms with Crippen molar-refractivity contribution < 1.29 is 9.18 Å². The highest BCUT2D eigenvalue weighted by molar-refractivity contribution is 5.73. The molecule has 0 heterocycles. The first-order valence-corrected chi connectivity index (χ1v) is 4.92. The quantitative estimate of drug-likeness (QED) is 0.813. The number of amides is 1. The summed E-state index contributed by atoms with van der Waals surface area (Å²) >= 11 is 0. The van der Waals surface area contributed by atoms with Crippen molar-refractivity contribution in [1.29, 1.82) is 0 Å². The molecule has 0 fully saturated rings. The van der Waals surface area contributed by atoms with Crippen LogP contribution in [0.2, 0.25) is 0 Å². The molecule has 3 heteroatoms. The average molecular weight is 209 g/mol. The number of nitrogens with one attached hydrogen (secondary N) is 1. The number of hydrogen-bond acceptors (Lipinski definition) is 1. The molecule has 0 aliphatic rings. The van der Waals surface area contributed by atoms with Gasteiger partial charge in [0.05, 0.1) is 0 Å². The van der Waals surface area contributed by atoms with Crippen LogP contribution in [-0.2, 0) is 11.2 Å². The molecular formula is C12H16FNO. The molecule has 0 aliphatic carbocycles. The Hall–Kier alpha value is -1.38. The molecule has 1 aromatic carbocycles. The van der Waals surface area contributed by atoms with Gasteiger partial charge in [-0.25, -0.2) is 4.39 Å². The van der Waals surface area contributed by atoms with Crippen LogP contribution in [0.1, 0.15) is 26.3 Å². The van der Waals surface area contributed by atoms with Gasteiger partial charge in [-0.15, -0.1) is 0 Å².